The van der Waals surface area contributed by atoms with Gasteiger partial charge in [-0.2, -0.15) is 0 Å². The van der Waals surface area contributed by atoms with E-state index >= 15 is 0 Å². The van der Waals surface area contributed by atoms with E-state index in [0.29, 0.717) is 10.6 Å². The van der Waals surface area contributed by atoms with Gasteiger partial charge in [0.1, 0.15) is 6.54 Å². The average Bonchev–Trinajstić information content (AvgIpc) is 3.60. The Morgan fingerprint density at radius 3 is 2.53 bits per heavy atom. The number of carbonyl (C=O) groups is 4. The molecule has 3 aromatic rings. The molecule has 9 heteroatoms. The van der Waals surface area contributed by atoms with Gasteiger partial charge >= 0.3 is 0 Å². The normalized spacial score (nSPS) is 17.2. The first-order chi connectivity index (χ1) is 18.3. The number of ketones is 1. The smallest absolute Gasteiger partial charge is 0.293 e. The SMILES string of the molecule is CCc1cccc2c(/C=C3\SC(=O)N(CC(=O)c4ccc(Cl)cc4)C3=O)cn(CC(=O)NC3CCCC3)c12. The van der Waals surface area contributed by atoms with E-state index in [9.17, 15) is 19.2 Å². The summed E-state index contributed by atoms with van der Waals surface area (Å²) < 4.78 is 1.93. The van der Waals surface area contributed by atoms with Crippen LogP contribution in [0.1, 0.15) is 54.1 Å². The molecule has 1 saturated heterocycles. The number of amides is 3. The maximum absolute atomic E-state index is 13.2. The summed E-state index contributed by atoms with van der Waals surface area (Å²) >= 11 is 6.71. The van der Waals surface area contributed by atoms with Crippen molar-refractivity contribution in [1.29, 1.82) is 0 Å². The van der Waals surface area contributed by atoms with E-state index in [1.54, 1.807) is 30.3 Å². The van der Waals surface area contributed by atoms with Crippen LogP contribution in [0, 0.1) is 0 Å². The predicted molar refractivity (Wildman–Crippen MR) is 150 cm³/mol. The Balaban J connectivity index is 1.40. The molecule has 5 rings (SSSR count). The molecule has 2 fully saturated rings. The van der Waals surface area contributed by atoms with Crippen molar-refractivity contribution in [2.45, 2.75) is 51.6 Å². The fraction of sp³-hybridized carbons (Fsp3) is 0.310. The maximum Gasteiger partial charge on any atom is 0.293 e. The van der Waals surface area contributed by atoms with Crippen molar-refractivity contribution in [2.24, 2.45) is 0 Å². The lowest BCUT2D eigenvalue weighted by molar-refractivity contribution is -0.123. The quantitative estimate of drug-likeness (QED) is 0.282. The number of hydrogen-bond donors (Lipinski definition) is 1. The minimum atomic E-state index is -0.506. The van der Waals surface area contributed by atoms with E-state index in [0.717, 1.165) is 70.8 Å². The van der Waals surface area contributed by atoms with Crippen LogP contribution in [0.4, 0.5) is 4.79 Å². The Kier molecular flexibility index (Phi) is 7.72. The van der Waals surface area contributed by atoms with Gasteiger partial charge in [0, 0.05) is 33.8 Å². The molecule has 0 unspecified atom stereocenters. The third-order valence-electron chi connectivity index (χ3n) is 7.06. The van der Waals surface area contributed by atoms with Crippen LogP contribution in [-0.2, 0) is 22.6 Å². The van der Waals surface area contributed by atoms with Crippen LogP contribution in [0.5, 0.6) is 0 Å². The Hall–Kier alpha value is -3.36. The third-order valence-corrected chi connectivity index (χ3v) is 8.22. The molecule has 1 aromatic heterocycles. The van der Waals surface area contributed by atoms with Gasteiger partial charge in [-0.3, -0.25) is 24.1 Å². The number of rotatable bonds is 8. The number of benzene rings is 2. The van der Waals surface area contributed by atoms with Crippen molar-refractivity contribution in [3.05, 3.63) is 75.3 Å². The molecule has 0 spiro atoms. The lowest BCUT2D eigenvalue weighted by atomic mass is 10.1. The minimum Gasteiger partial charge on any atom is -0.352 e. The topological polar surface area (TPSA) is 88.5 Å². The molecule has 1 aliphatic carbocycles. The Morgan fingerprint density at radius 2 is 1.82 bits per heavy atom. The summed E-state index contributed by atoms with van der Waals surface area (Å²) in [7, 11) is 0. The Labute approximate surface area is 230 Å². The number of aryl methyl sites for hydroxylation is 1. The van der Waals surface area contributed by atoms with E-state index in [-0.39, 0.29) is 35.7 Å². The molecule has 38 heavy (non-hydrogen) atoms. The molecule has 0 bridgehead atoms. The monoisotopic (exact) mass is 549 g/mol. The van der Waals surface area contributed by atoms with Crippen LogP contribution in [0.15, 0.2) is 53.6 Å². The largest absolute Gasteiger partial charge is 0.352 e. The molecule has 7 nitrogen and oxygen atoms in total. The van der Waals surface area contributed by atoms with Gasteiger partial charge in [0.2, 0.25) is 5.91 Å². The van der Waals surface area contributed by atoms with Crippen LogP contribution in [0.2, 0.25) is 5.02 Å². The van der Waals surface area contributed by atoms with Gasteiger partial charge in [0.25, 0.3) is 11.1 Å². The molecule has 1 saturated carbocycles. The van der Waals surface area contributed by atoms with Crippen LogP contribution >= 0.6 is 23.4 Å². The second-order valence-corrected chi connectivity index (χ2v) is 11.1. The molecule has 0 radical (unpaired) electrons. The Bertz CT molecular complexity index is 1450. The molecule has 2 aliphatic rings. The number of nitrogens with one attached hydrogen (secondary N) is 1. The number of aromatic nitrogens is 1. The third kappa shape index (κ3) is 5.42. The summed E-state index contributed by atoms with van der Waals surface area (Å²) in [6.07, 6.45) is 8.65. The number of hydrogen-bond acceptors (Lipinski definition) is 5. The van der Waals surface area contributed by atoms with E-state index in [2.05, 4.69) is 12.2 Å². The molecule has 2 aromatic carbocycles. The second kappa shape index (κ2) is 11.2. The lowest BCUT2D eigenvalue weighted by Crippen LogP contribution is -2.35. The average molecular weight is 550 g/mol. The van der Waals surface area contributed by atoms with Gasteiger partial charge in [0.05, 0.1) is 17.0 Å². The predicted octanol–water partition coefficient (Wildman–Crippen LogP) is 5.84. The first kappa shape index (κ1) is 26.3. The summed E-state index contributed by atoms with van der Waals surface area (Å²) in [5.41, 5.74) is 3.17. The van der Waals surface area contributed by atoms with Gasteiger partial charge in [-0.15, -0.1) is 0 Å². The zero-order valence-corrected chi connectivity index (χ0v) is 22.6. The molecule has 1 N–H and O–H groups in total. The summed E-state index contributed by atoms with van der Waals surface area (Å²) in [5, 5.41) is 4.05. The number of nitrogens with zero attached hydrogens (tertiary/aromatic N) is 2. The van der Waals surface area contributed by atoms with Crippen molar-refractivity contribution >= 4 is 63.2 Å². The van der Waals surface area contributed by atoms with E-state index in [1.807, 2.05) is 29.0 Å². The molecule has 0 atom stereocenters. The Morgan fingerprint density at radius 1 is 1.08 bits per heavy atom. The number of fused-ring (bicyclic) bond motifs is 1. The first-order valence-corrected chi connectivity index (χ1v) is 14.0. The van der Waals surface area contributed by atoms with Crippen molar-refractivity contribution in [3.8, 4) is 0 Å². The van der Waals surface area contributed by atoms with Crippen LogP contribution < -0.4 is 5.32 Å². The van der Waals surface area contributed by atoms with Gasteiger partial charge in [0.15, 0.2) is 5.78 Å². The second-order valence-electron chi connectivity index (χ2n) is 9.63. The highest BCUT2D eigenvalue weighted by atomic mass is 35.5. The van der Waals surface area contributed by atoms with Crippen molar-refractivity contribution in [1.82, 2.24) is 14.8 Å². The number of imide groups is 1. The molecular formula is C29H28ClN3O4S. The molecule has 1 aliphatic heterocycles. The zero-order chi connectivity index (χ0) is 26.8. The number of para-hydroxylation sites is 1. The summed E-state index contributed by atoms with van der Waals surface area (Å²) in [4.78, 5) is 52.6. The summed E-state index contributed by atoms with van der Waals surface area (Å²) in [5.74, 6) is -0.885. The molecule has 2 heterocycles. The van der Waals surface area contributed by atoms with Crippen LogP contribution in [0.25, 0.3) is 17.0 Å². The van der Waals surface area contributed by atoms with Gasteiger partial charge < -0.3 is 9.88 Å². The van der Waals surface area contributed by atoms with E-state index in [1.165, 1.54) is 0 Å². The van der Waals surface area contributed by atoms with Gasteiger partial charge in [-0.25, -0.2) is 0 Å². The molecular weight excluding hydrogens is 522 g/mol. The highest BCUT2D eigenvalue weighted by Gasteiger charge is 2.36. The standard InChI is InChI=1S/C29H28ClN3O4S/c1-2-18-6-5-9-23-20(15-32(27(18)23)17-26(35)31-22-7-3-4-8-22)14-25-28(36)33(29(37)38-25)16-24(34)19-10-12-21(30)13-11-19/h5-6,9-15,22H,2-4,7-8,16-17H2,1H3,(H,31,35)/b25-14-. The van der Waals surface area contributed by atoms with E-state index < -0.39 is 11.1 Å². The van der Waals surface area contributed by atoms with Crippen LogP contribution in [-0.4, -0.2) is 44.9 Å². The molecule has 3 amide bonds. The summed E-state index contributed by atoms with van der Waals surface area (Å²) in [6.45, 7) is 1.90. The van der Waals surface area contributed by atoms with Crippen molar-refractivity contribution in [2.75, 3.05) is 6.54 Å². The van der Waals surface area contributed by atoms with E-state index in [4.69, 9.17) is 11.6 Å². The van der Waals surface area contributed by atoms with Gasteiger partial charge in [-0.1, -0.05) is 49.6 Å². The number of halogens is 1. The fourth-order valence-corrected chi connectivity index (χ4v) is 6.09. The molecule has 196 valence electrons. The fourth-order valence-electron chi connectivity index (χ4n) is 5.14. The highest BCUT2D eigenvalue weighted by molar-refractivity contribution is 8.18. The zero-order valence-electron chi connectivity index (χ0n) is 21.0. The number of thioether (sulfide) groups is 1. The minimum absolute atomic E-state index is 0.0349. The van der Waals surface area contributed by atoms with Crippen LogP contribution in [0.3, 0.4) is 0 Å². The maximum atomic E-state index is 13.2. The number of carbonyl (C=O) groups excluding carboxylic acids is 4. The van der Waals surface area contributed by atoms with Gasteiger partial charge in [-0.05, 0) is 66.9 Å². The number of Topliss-reactive ketones (excluding diaryl/α,β-unsaturated/α-hetero) is 1. The van der Waals surface area contributed by atoms with Crippen molar-refractivity contribution in [3.63, 3.8) is 0 Å². The van der Waals surface area contributed by atoms with Crippen molar-refractivity contribution < 1.29 is 19.2 Å². The lowest BCUT2D eigenvalue weighted by Gasteiger charge is -2.13. The summed E-state index contributed by atoms with van der Waals surface area (Å²) in [6, 6.07) is 12.5. The first-order valence-electron chi connectivity index (χ1n) is 12.8. The highest BCUT2D eigenvalue weighted by Crippen LogP contribution is 2.35.